The number of carbonyl (C=O) groups is 1. The topological polar surface area (TPSA) is 33.2 Å². The number of rotatable bonds is 3. The van der Waals surface area contributed by atoms with Crippen LogP contribution in [0.3, 0.4) is 0 Å². The van der Waals surface area contributed by atoms with Crippen molar-refractivity contribution in [3.8, 4) is 11.1 Å². The zero-order valence-corrected chi connectivity index (χ0v) is 14.3. The maximum atomic E-state index is 13.5. The molecule has 6 heteroatoms. The van der Waals surface area contributed by atoms with Crippen molar-refractivity contribution in [2.75, 3.05) is 4.90 Å². The standard InChI is InChI=1S/C20H13ClF2N2O/c21-15-3-1-2-12(4-15)11-25-19-7-14(10-24-18(19)9-20(25)26)13-5-16(22)8-17(23)6-13/h1-8,10H,9,11H2. The SMILES string of the molecule is O=C1Cc2ncc(-c3cc(F)cc(F)c3)cc2N1Cc1cccc(Cl)c1. The summed E-state index contributed by atoms with van der Waals surface area (Å²) in [5.74, 6) is -1.39. The van der Waals surface area contributed by atoms with Crippen molar-refractivity contribution >= 4 is 23.2 Å². The lowest BCUT2D eigenvalue weighted by atomic mass is 10.1. The molecule has 2 aromatic carbocycles. The summed E-state index contributed by atoms with van der Waals surface area (Å²) in [6.45, 7) is 0.356. The van der Waals surface area contributed by atoms with E-state index in [1.165, 1.54) is 18.3 Å². The van der Waals surface area contributed by atoms with E-state index in [0.29, 0.717) is 34.1 Å². The zero-order valence-electron chi connectivity index (χ0n) is 13.5. The number of anilines is 1. The Morgan fingerprint density at radius 2 is 1.81 bits per heavy atom. The molecule has 0 fully saturated rings. The van der Waals surface area contributed by atoms with Gasteiger partial charge in [0.15, 0.2) is 0 Å². The molecular weight excluding hydrogens is 358 g/mol. The van der Waals surface area contributed by atoms with Crippen LogP contribution in [0, 0.1) is 11.6 Å². The highest BCUT2D eigenvalue weighted by Gasteiger charge is 2.29. The molecule has 0 atom stereocenters. The van der Waals surface area contributed by atoms with Crippen LogP contribution in [0.25, 0.3) is 11.1 Å². The van der Waals surface area contributed by atoms with Gasteiger partial charge in [-0.1, -0.05) is 23.7 Å². The Morgan fingerprint density at radius 1 is 1.04 bits per heavy atom. The molecule has 130 valence electrons. The molecule has 1 aliphatic rings. The molecule has 3 aromatic rings. The molecule has 0 radical (unpaired) electrons. The molecule has 3 nitrogen and oxygen atoms in total. The highest BCUT2D eigenvalue weighted by atomic mass is 35.5. The summed E-state index contributed by atoms with van der Waals surface area (Å²) in [7, 11) is 0. The third kappa shape index (κ3) is 3.18. The average Bonchev–Trinajstić information content (AvgIpc) is 2.89. The van der Waals surface area contributed by atoms with E-state index in [1.807, 2.05) is 12.1 Å². The van der Waals surface area contributed by atoms with Gasteiger partial charge in [-0.05, 0) is 41.5 Å². The van der Waals surface area contributed by atoms with Gasteiger partial charge in [0.1, 0.15) is 11.6 Å². The largest absolute Gasteiger partial charge is 0.306 e. The summed E-state index contributed by atoms with van der Waals surface area (Å²) in [5, 5.41) is 0.594. The molecule has 1 amide bonds. The molecule has 1 aliphatic heterocycles. The van der Waals surface area contributed by atoms with Gasteiger partial charge in [-0.25, -0.2) is 8.78 Å². The van der Waals surface area contributed by atoms with Crippen molar-refractivity contribution in [2.45, 2.75) is 13.0 Å². The molecular formula is C20H13ClF2N2O. The van der Waals surface area contributed by atoms with Crippen molar-refractivity contribution in [1.29, 1.82) is 0 Å². The molecule has 0 saturated heterocycles. The van der Waals surface area contributed by atoms with Crippen LogP contribution in [0.2, 0.25) is 5.02 Å². The second kappa shape index (κ2) is 6.50. The summed E-state index contributed by atoms with van der Waals surface area (Å²) in [4.78, 5) is 18.3. The number of benzene rings is 2. The fourth-order valence-electron chi connectivity index (χ4n) is 3.09. The van der Waals surface area contributed by atoms with Crippen LogP contribution >= 0.6 is 11.6 Å². The smallest absolute Gasteiger partial charge is 0.233 e. The molecule has 0 saturated carbocycles. The number of nitrogens with zero attached hydrogens (tertiary/aromatic N) is 2. The first kappa shape index (κ1) is 16.7. The highest BCUT2D eigenvalue weighted by molar-refractivity contribution is 6.30. The average molecular weight is 371 g/mol. The first-order chi connectivity index (χ1) is 12.5. The van der Waals surface area contributed by atoms with E-state index >= 15 is 0 Å². The van der Waals surface area contributed by atoms with Crippen LogP contribution in [-0.2, 0) is 17.8 Å². The molecule has 4 rings (SSSR count). The Morgan fingerprint density at radius 3 is 2.54 bits per heavy atom. The Labute approximate surface area is 153 Å². The predicted octanol–water partition coefficient (Wildman–Crippen LogP) is 4.77. The van der Waals surface area contributed by atoms with Crippen LogP contribution in [0.5, 0.6) is 0 Å². The van der Waals surface area contributed by atoms with Crippen LogP contribution < -0.4 is 4.90 Å². The molecule has 0 spiro atoms. The van der Waals surface area contributed by atoms with Crippen molar-refractivity contribution in [3.63, 3.8) is 0 Å². The fourth-order valence-corrected chi connectivity index (χ4v) is 3.31. The van der Waals surface area contributed by atoms with E-state index in [-0.39, 0.29) is 12.3 Å². The van der Waals surface area contributed by atoms with E-state index in [4.69, 9.17) is 11.6 Å². The Kier molecular flexibility index (Phi) is 4.17. The monoisotopic (exact) mass is 370 g/mol. The van der Waals surface area contributed by atoms with Crippen molar-refractivity contribution in [1.82, 2.24) is 4.98 Å². The van der Waals surface area contributed by atoms with Crippen molar-refractivity contribution < 1.29 is 13.6 Å². The minimum atomic E-state index is -0.660. The molecule has 0 N–H and O–H groups in total. The normalized spacial score (nSPS) is 13.2. The minimum Gasteiger partial charge on any atom is -0.306 e. The number of fused-ring (bicyclic) bond motifs is 1. The second-order valence-corrected chi connectivity index (χ2v) is 6.57. The first-order valence-electron chi connectivity index (χ1n) is 8.00. The lowest BCUT2D eigenvalue weighted by Gasteiger charge is -2.18. The first-order valence-corrected chi connectivity index (χ1v) is 8.37. The Hall–Kier alpha value is -2.79. The summed E-state index contributed by atoms with van der Waals surface area (Å²) in [6.07, 6.45) is 1.73. The van der Waals surface area contributed by atoms with Gasteiger partial charge >= 0.3 is 0 Å². The van der Waals surface area contributed by atoms with E-state index < -0.39 is 11.6 Å². The van der Waals surface area contributed by atoms with Gasteiger partial charge in [-0.3, -0.25) is 9.78 Å². The van der Waals surface area contributed by atoms with Gasteiger partial charge < -0.3 is 4.90 Å². The van der Waals surface area contributed by atoms with Gasteiger partial charge in [0.05, 0.1) is 24.3 Å². The lowest BCUT2D eigenvalue weighted by Crippen LogP contribution is -2.26. The number of amides is 1. The molecule has 1 aromatic heterocycles. The van der Waals surface area contributed by atoms with E-state index in [1.54, 1.807) is 23.1 Å². The Balaban J connectivity index is 1.72. The lowest BCUT2D eigenvalue weighted by molar-refractivity contribution is -0.117. The number of aromatic nitrogens is 1. The molecule has 26 heavy (non-hydrogen) atoms. The van der Waals surface area contributed by atoms with Crippen LogP contribution in [0.4, 0.5) is 14.5 Å². The van der Waals surface area contributed by atoms with Gasteiger partial charge in [0.2, 0.25) is 5.91 Å². The second-order valence-electron chi connectivity index (χ2n) is 6.13. The van der Waals surface area contributed by atoms with Crippen molar-refractivity contribution in [3.05, 3.63) is 82.6 Å². The van der Waals surface area contributed by atoms with Gasteiger partial charge in [0, 0.05) is 22.8 Å². The molecule has 0 unspecified atom stereocenters. The van der Waals surface area contributed by atoms with Crippen LogP contribution in [0.1, 0.15) is 11.3 Å². The van der Waals surface area contributed by atoms with Crippen molar-refractivity contribution in [2.24, 2.45) is 0 Å². The highest BCUT2D eigenvalue weighted by Crippen LogP contribution is 2.33. The maximum Gasteiger partial charge on any atom is 0.233 e. The summed E-state index contributed by atoms with van der Waals surface area (Å²) >= 11 is 6.01. The number of pyridine rings is 1. The fraction of sp³-hybridized carbons (Fsp3) is 0.100. The molecule has 0 aliphatic carbocycles. The molecule has 2 heterocycles. The van der Waals surface area contributed by atoms with E-state index in [9.17, 15) is 13.6 Å². The number of carbonyl (C=O) groups excluding carboxylic acids is 1. The van der Waals surface area contributed by atoms with E-state index in [2.05, 4.69) is 4.98 Å². The third-order valence-corrected chi connectivity index (χ3v) is 4.52. The number of hydrogen-bond acceptors (Lipinski definition) is 2. The van der Waals surface area contributed by atoms with Crippen LogP contribution in [-0.4, -0.2) is 10.9 Å². The zero-order chi connectivity index (χ0) is 18.3. The number of halogens is 3. The summed E-state index contributed by atoms with van der Waals surface area (Å²) in [6, 6.07) is 12.3. The molecule has 0 bridgehead atoms. The minimum absolute atomic E-state index is 0.0740. The summed E-state index contributed by atoms with van der Waals surface area (Å²) < 4.78 is 27.0. The Bertz CT molecular complexity index is 1000. The third-order valence-electron chi connectivity index (χ3n) is 4.28. The maximum absolute atomic E-state index is 13.5. The summed E-state index contributed by atoms with van der Waals surface area (Å²) in [5.41, 5.74) is 3.11. The quantitative estimate of drug-likeness (QED) is 0.665. The van der Waals surface area contributed by atoms with E-state index in [0.717, 1.165) is 11.6 Å². The number of hydrogen-bond donors (Lipinski definition) is 0. The van der Waals surface area contributed by atoms with Gasteiger partial charge in [-0.2, -0.15) is 0 Å². The predicted molar refractivity (Wildman–Crippen MR) is 95.9 cm³/mol. The van der Waals surface area contributed by atoms with Crippen LogP contribution in [0.15, 0.2) is 54.7 Å². The van der Waals surface area contributed by atoms with Gasteiger partial charge in [0.25, 0.3) is 0 Å². The van der Waals surface area contributed by atoms with Gasteiger partial charge in [-0.15, -0.1) is 0 Å².